The number of unbranched alkanes of at least 4 members (excludes halogenated alkanes) is 2. The molecule has 0 saturated heterocycles. The summed E-state index contributed by atoms with van der Waals surface area (Å²) in [6.07, 6.45) is 7.17. The van der Waals surface area contributed by atoms with Crippen molar-refractivity contribution in [1.82, 2.24) is 0 Å². The first-order valence-electron chi connectivity index (χ1n) is 7.01. The van der Waals surface area contributed by atoms with Gasteiger partial charge in [0.05, 0.1) is 32.0 Å². The van der Waals surface area contributed by atoms with Gasteiger partial charge in [-0.25, -0.2) is 0 Å². The van der Waals surface area contributed by atoms with Gasteiger partial charge in [-0.2, -0.15) is 0 Å². The minimum absolute atomic E-state index is 0.00644. The monoisotopic (exact) mass is 246 g/mol. The van der Waals surface area contributed by atoms with Crippen LogP contribution >= 0.6 is 0 Å². The number of ether oxygens (including phenoxy) is 2. The summed E-state index contributed by atoms with van der Waals surface area (Å²) in [5.41, 5.74) is 0.00644. The van der Waals surface area contributed by atoms with Crippen molar-refractivity contribution < 1.29 is 14.6 Å². The van der Waals surface area contributed by atoms with E-state index >= 15 is 0 Å². The molecule has 0 aliphatic heterocycles. The lowest BCUT2D eigenvalue weighted by atomic mass is 9.93. The minimum Gasteiger partial charge on any atom is -0.394 e. The summed E-state index contributed by atoms with van der Waals surface area (Å²) in [5, 5.41) is 8.59. The number of rotatable bonds is 12. The van der Waals surface area contributed by atoms with Crippen LogP contribution in [0.15, 0.2) is 0 Å². The lowest BCUT2D eigenvalue weighted by molar-refractivity contribution is -0.0696. The van der Waals surface area contributed by atoms with Gasteiger partial charge in [-0.15, -0.1) is 0 Å². The van der Waals surface area contributed by atoms with Crippen LogP contribution in [0.4, 0.5) is 0 Å². The Balaban J connectivity index is 3.77. The predicted molar refractivity (Wildman–Crippen MR) is 71.3 cm³/mol. The zero-order valence-electron chi connectivity index (χ0n) is 11.8. The van der Waals surface area contributed by atoms with Crippen molar-refractivity contribution in [1.29, 1.82) is 0 Å². The van der Waals surface area contributed by atoms with Gasteiger partial charge in [-0.05, 0) is 19.8 Å². The van der Waals surface area contributed by atoms with Crippen LogP contribution in [0.2, 0.25) is 0 Å². The van der Waals surface area contributed by atoms with Gasteiger partial charge in [0, 0.05) is 0 Å². The molecular formula is C14H30O3. The lowest BCUT2D eigenvalue weighted by Gasteiger charge is -2.30. The summed E-state index contributed by atoms with van der Waals surface area (Å²) >= 11 is 0. The first-order valence-corrected chi connectivity index (χ1v) is 7.01. The van der Waals surface area contributed by atoms with Crippen molar-refractivity contribution in [3.8, 4) is 0 Å². The van der Waals surface area contributed by atoms with E-state index in [1.165, 1.54) is 19.3 Å². The summed E-state index contributed by atoms with van der Waals surface area (Å²) in [5.74, 6) is 0. The molecule has 3 heteroatoms. The molecule has 1 atom stereocenters. The molecule has 3 nitrogen and oxygen atoms in total. The summed E-state index contributed by atoms with van der Waals surface area (Å²) in [6, 6.07) is 0. The SMILES string of the molecule is CCCCCC(C)(CCC)OCCOCCO. The number of hydrogen-bond donors (Lipinski definition) is 1. The van der Waals surface area contributed by atoms with Gasteiger partial charge < -0.3 is 14.6 Å². The van der Waals surface area contributed by atoms with Gasteiger partial charge in [0.2, 0.25) is 0 Å². The van der Waals surface area contributed by atoms with E-state index in [2.05, 4.69) is 20.8 Å². The van der Waals surface area contributed by atoms with E-state index in [0.717, 1.165) is 19.3 Å². The Hall–Kier alpha value is -0.120. The molecule has 0 spiro atoms. The fourth-order valence-electron chi connectivity index (χ4n) is 2.06. The molecule has 0 aromatic rings. The van der Waals surface area contributed by atoms with E-state index in [-0.39, 0.29) is 12.2 Å². The van der Waals surface area contributed by atoms with Gasteiger partial charge in [0.25, 0.3) is 0 Å². The van der Waals surface area contributed by atoms with E-state index in [9.17, 15) is 0 Å². The number of hydrogen-bond acceptors (Lipinski definition) is 3. The second-order valence-electron chi connectivity index (χ2n) is 4.84. The average Bonchev–Trinajstić information content (AvgIpc) is 2.29. The summed E-state index contributed by atoms with van der Waals surface area (Å²) in [4.78, 5) is 0. The zero-order chi connectivity index (χ0) is 13.0. The maximum absolute atomic E-state index is 8.59. The Morgan fingerprint density at radius 3 is 2.29 bits per heavy atom. The van der Waals surface area contributed by atoms with Crippen LogP contribution in [0.1, 0.15) is 59.3 Å². The molecule has 0 saturated carbocycles. The van der Waals surface area contributed by atoms with Crippen LogP contribution in [0.25, 0.3) is 0 Å². The third-order valence-electron chi connectivity index (χ3n) is 3.00. The van der Waals surface area contributed by atoms with Gasteiger partial charge in [-0.3, -0.25) is 0 Å². The quantitative estimate of drug-likeness (QED) is 0.538. The molecule has 0 aliphatic carbocycles. The topological polar surface area (TPSA) is 38.7 Å². The second kappa shape index (κ2) is 11.0. The molecule has 0 rings (SSSR count). The van der Waals surface area contributed by atoms with Crippen molar-refractivity contribution in [3.05, 3.63) is 0 Å². The van der Waals surface area contributed by atoms with E-state index in [0.29, 0.717) is 19.8 Å². The highest BCUT2D eigenvalue weighted by Crippen LogP contribution is 2.24. The molecule has 0 radical (unpaired) electrons. The van der Waals surface area contributed by atoms with Gasteiger partial charge in [0.15, 0.2) is 0 Å². The average molecular weight is 246 g/mol. The van der Waals surface area contributed by atoms with E-state index < -0.39 is 0 Å². The van der Waals surface area contributed by atoms with E-state index in [1.807, 2.05) is 0 Å². The molecule has 0 aromatic heterocycles. The van der Waals surface area contributed by atoms with Crippen molar-refractivity contribution >= 4 is 0 Å². The van der Waals surface area contributed by atoms with E-state index in [4.69, 9.17) is 14.6 Å². The van der Waals surface area contributed by atoms with Crippen molar-refractivity contribution in [2.45, 2.75) is 64.9 Å². The first-order chi connectivity index (χ1) is 8.18. The Bertz CT molecular complexity index is 162. The molecule has 0 aromatic carbocycles. The zero-order valence-corrected chi connectivity index (χ0v) is 11.8. The predicted octanol–water partition coefficient (Wildman–Crippen LogP) is 3.15. The molecule has 0 aliphatic rings. The second-order valence-corrected chi connectivity index (χ2v) is 4.84. The molecular weight excluding hydrogens is 216 g/mol. The Labute approximate surface area is 107 Å². The highest BCUT2D eigenvalue weighted by atomic mass is 16.5. The van der Waals surface area contributed by atoms with Crippen LogP contribution in [-0.2, 0) is 9.47 Å². The molecule has 17 heavy (non-hydrogen) atoms. The fourth-order valence-corrected chi connectivity index (χ4v) is 2.06. The molecule has 0 heterocycles. The van der Waals surface area contributed by atoms with Crippen molar-refractivity contribution in [3.63, 3.8) is 0 Å². The van der Waals surface area contributed by atoms with Gasteiger partial charge >= 0.3 is 0 Å². The largest absolute Gasteiger partial charge is 0.394 e. The van der Waals surface area contributed by atoms with Gasteiger partial charge in [0.1, 0.15) is 0 Å². The third-order valence-corrected chi connectivity index (χ3v) is 3.00. The lowest BCUT2D eigenvalue weighted by Crippen LogP contribution is -2.30. The molecule has 0 bridgehead atoms. The maximum atomic E-state index is 8.59. The van der Waals surface area contributed by atoms with Crippen LogP contribution in [-0.4, -0.2) is 37.1 Å². The Morgan fingerprint density at radius 2 is 1.71 bits per heavy atom. The molecule has 0 amide bonds. The molecule has 0 fully saturated rings. The minimum atomic E-state index is 0.00644. The van der Waals surface area contributed by atoms with Gasteiger partial charge in [-0.1, -0.05) is 39.5 Å². The number of aliphatic hydroxyl groups excluding tert-OH is 1. The van der Waals surface area contributed by atoms with Crippen LogP contribution in [0.5, 0.6) is 0 Å². The van der Waals surface area contributed by atoms with Crippen molar-refractivity contribution in [2.24, 2.45) is 0 Å². The number of aliphatic hydroxyl groups is 1. The highest BCUT2D eigenvalue weighted by molar-refractivity contribution is 4.74. The Morgan fingerprint density at radius 1 is 0.941 bits per heavy atom. The smallest absolute Gasteiger partial charge is 0.0707 e. The standard InChI is InChI=1S/C14H30O3/c1-4-6-7-9-14(3,8-5-2)17-13-12-16-11-10-15/h15H,4-13H2,1-3H3. The van der Waals surface area contributed by atoms with Crippen LogP contribution in [0.3, 0.4) is 0 Å². The molecule has 104 valence electrons. The van der Waals surface area contributed by atoms with Crippen LogP contribution in [0, 0.1) is 0 Å². The maximum Gasteiger partial charge on any atom is 0.0707 e. The summed E-state index contributed by atoms with van der Waals surface area (Å²) in [6.45, 7) is 8.32. The Kier molecular flexibility index (Phi) is 10.9. The van der Waals surface area contributed by atoms with Crippen LogP contribution < -0.4 is 0 Å². The summed E-state index contributed by atoms with van der Waals surface area (Å²) in [7, 11) is 0. The molecule has 1 unspecified atom stereocenters. The summed E-state index contributed by atoms with van der Waals surface area (Å²) < 4.78 is 11.2. The van der Waals surface area contributed by atoms with E-state index in [1.54, 1.807) is 0 Å². The highest BCUT2D eigenvalue weighted by Gasteiger charge is 2.23. The third kappa shape index (κ3) is 9.57. The van der Waals surface area contributed by atoms with Crippen molar-refractivity contribution in [2.75, 3.05) is 26.4 Å². The fraction of sp³-hybridized carbons (Fsp3) is 1.00. The normalized spacial score (nSPS) is 14.8. The first kappa shape index (κ1) is 16.9. The molecule has 1 N–H and O–H groups in total.